The highest BCUT2D eigenvalue weighted by Gasteiger charge is 2.36. The second-order valence-corrected chi connectivity index (χ2v) is 3.05. The molecule has 0 bridgehead atoms. The molecule has 1 saturated heterocycles. The molecule has 1 heterocycles. The molecule has 1 fully saturated rings. The summed E-state index contributed by atoms with van der Waals surface area (Å²) >= 11 is 4.97. The molecule has 2 N–H and O–H groups in total. The lowest BCUT2D eigenvalue weighted by atomic mass is 10.1. The maximum atomic E-state index is 11.3. The molecule has 0 aromatic rings. The summed E-state index contributed by atoms with van der Waals surface area (Å²) in [5, 5.41) is 5.49. The van der Waals surface area contributed by atoms with Crippen molar-refractivity contribution in [1.82, 2.24) is 10.6 Å². The van der Waals surface area contributed by atoms with E-state index in [2.05, 4.69) is 10.6 Å². The van der Waals surface area contributed by atoms with Crippen LogP contribution in [-0.2, 0) is 9.53 Å². The zero-order valence-corrected chi connectivity index (χ0v) is 7.90. The van der Waals surface area contributed by atoms with Crippen LogP contribution in [-0.4, -0.2) is 37.7 Å². The normalized spacial score (nSPS) is 28.3. The van der Waals surface area contributed by atoms with E-state index >= 15 is 0 Å². The van der Waals surface area contributed by atoms with Crippen molar-refractivity contribution in [3.05, 3.63) is 0 Å². The Morgan fingerprint density at radius 2 is 2.50 bits per heavy atom. The Balaban J connectivity index is 2.70. The zero-order valence-electron chi connectivity index (χ0n) is 7.09. The second kappa shape index (κ2) is 3.82. The van der Waals surface area contributed by atoms with Gasteiger partial charge in [0.15, 0.2) is 0 Å². The number of ether oxygens (including phenoxy) is 1. The minimum Gasteiger partial charge on any atom is -0.378 e. The van der Waals surface area contributed by atoms with Crippen molar-refractivity contribution in [1.29, 1.82) is 0 Å². The Kier molecular flexibility index (Phi) is 2.99. The third kappa shape index (κ3) is 1.56. The molecule has 0 aliphatic carbocycles. The summed E-state index contributed by atoms with van der Waals surface area (Å²) in [5.74, 6) is -0.410. The number of amides is 1. The number of nitrogens with one attached hydrogen (secondary N) is 2. The van der Waals surface area contributed by atoms with Crippen LogP contribution in [0.25, 0.3) is 0 Å². The van der Waals surface area contributed by atoms with Crippen LogP contribution in [0.15, 0.2) is 0 Å². The van der Waals surface area contributed by atoms with Crippen LogP contribution in [0.2, 0.25) is 0 Å². The molecule has 1 aliphatic heterocycles. The molecule has 5 heteroatoms. The van der Waals surface area contributed by atoms with Crippen LogP contribution in [0.3, 0.4) is 0 Å². The molecule has 4 nitrogen and oxygen atoms in total. The molecule has 0 radical (unpaired) electrons. The van der Waals surface area contributed by atoms with Gasteiger partial charge in [-0.2, -0.15) is 0 Å². The molecule has 12 heavy (non-hydrogen) atoms. The van der Waals surface area contributed by atoms with Gasteiger partial charge >= 0.3 is 0 Å². The Morgan fingerprint density at radius 3 is 3.00 bits per heavy atom. The first-order chi connectivity index (χ1) is 5.70. The van der Waals surface area contributed by atoms with Crippen LogP contribution in [0.4, 0.5) is 0 Å². The van der Waals surface area contributed by atoms with Crippen molar-refractivity contribution < 1.29 is 9.53 Å². The second-order valence-electron chi connectivity index (χ2n) is 2.61. The SMILES string of the molecule is CNC(=O)C1C(=S)NCC1OC. The van der Waals surface area contributed by atoms with Crippen molar-refractivity contribution in [2.75, 3.05) is 20.7 Å². The molecule has 68 valence electrons. The number of methoxy groups -OCH3 is 1. The lowest BCUT2D eigenvalue weighted by molar-refractivity contribution is -0.125. The molecule has 0 spiro atoms. The van der Waals surface area contributed by atoms with E-state index in [1.165, 1.54) is 0 Å². The molecule has 1 amide bonds. The van der Waals surface area contributed by atoms with E-state index in [1.807, 2.05) is 0 Å². The van der Waals surface area contributed by atoms with E-state index in [1.54, 1.807) is 14.2 Å². The van der Waals surface area contributed by atoms with Gasteiger partial charge in [-0.1, -0.05) is 12.2 Å². The van der Waals surface area contributed by atoms with E-state index in [9.17, 15) is 4.79 Å². The van der Waals surface area contributed by atoms with Crippen molar-refractivity contribution in [3.63, 3.8) is 0 Å². The van der Waals surface area contributed by atoms with Gasteiger partial charge in [0.1, 0.15) is 5.92 Å². The number of hydrogen-bond acceptors (Lipinski definition) is 3. The number of hydrogen-bond donors (Lipinski definition) is 2. The molecule has 0 aromatic heterocycles. The first-order valence-corrected chi connectivity index (χ1v) is 4.13. The summed E-state index contributed by atoms with van der Waals surface area (Å²) in [6.07, 6.45) is -0.127. The maximum Gasteiger partial charge on any atom is 0.232 e. The van der Waals surface area contributed by atoms with Crippen LogP contribution < -0.4 is 10.6 Å². The van der Waals surface area contributed by atoms with Crippen molar-refractivity contribution in [2.45, 2.75) is 6.10 Å². The van der Waals surface area contributed by atoms with Crippen LogP contribution in [0, 0.1) is 5.92 Å². The first kappa shape index (κ1) is 9.41. The minimum atomic E-state index is -0.324. The van der Waals surface area contributed by atoms with Crippen LogP contribution in [0.5, 0.6) is 0 Å². The third-order valence-electron chi connectivity index (χ3n) is 1.96. The summed E-state index contributed by atoms with van der Waals surface area (Å²) in [7, 11) is 3.17. The molecular weight excluding hydrogens is 176 g/mol. The van der Waals surface area contributed by atoms with Gasteiger partial charge in [0, 0.05) is 20.7 Å². The van der Waals surface area contributed by atoms with E-state index in [0.717, 1.165) is 0 Å². The highest BCUT2D eigenvalue weighted by atomic mass is 32.1. The topological polar surface area (TPSA) is 50.4 Å². The van der Waals surface area contributed by atoms with Gasteiger partial charge in [-0.05, 0) is 0 Å². The van der Waals surface area contributed by atoms with Crippen molar-refractivity contribution in [2.24, 2.45) is 5.92 Å². The molecular formula is C7H12N2O2S. The largest absolute Gasteiger partial charge is 0.378 e. The van der Waals surface area contributed by atoms with Gasteiger partial charge in [-0.15, -0.1) is 0 Å². The predicted molar refractivity (Wildman–Crippen MR) is 49.0 cm³/mol. The van der Waals surface area contributed by atoms with E-state index in [-0.39, 0.29) is 17.9 Å². The predicted octanol–water partition coefficient (Wildman–Crippen LogP) is -0.706. The van der Waals surface area contributed by atoms with Crippen molar-refractivity contribution in [3.8, 4) is 0 Å². The Bertz CT molecular complexity index is 208. The zero-order chi connectivity index (χ0) is 9.14. The molecule has 2 unspecified atom stereocenters. The molecule has 0 saturated carbocycles. The summed E-state index contributed by atoms with van der Waals surface area (Å²) in [6, 6.07) is 0. The summed E-state index contributed by atoms with van der Waals surface area (Å²) in [5.41, 5.74) is 0. The highest BCUT2D eigenvalue weighted by molar-refractivity contribution is 7.80. The molecule has 0 aromatic carbocycles. The van der Waals surface area contributed by atoms with Gasteiger partial charge in [-0.25, -0.2) is 0 Å². The van der Waals surface area contributed by atoms with Gasteiger partial charge < -0.3 is 15.4 Å². The molecule has 1 aliphatic rings. The number of thiocarbonyl (C=S) groups is 1. The lowest BCUT2D eigenvalue weighted by Crippen LogP contribution is -2.37. The third-order valence-corrected chi connectivity index (χ3v) is 2.36. The highest BCUT2D eigenvalue weighted by Crippen LogP contribution is 2.14. The molecule has 2 atom stereocenters. The Morgan fingerprint density at radius 1 is 1.83 bits per heavy atom. The van der Waals surface area contributed by atoms with Gasteiger partial charge in [0.05, 0.1) is 11.1 Å². The van der Waals surface area contributed by atoms with E-state index in [4.69, 9.17) is 17.0 Å². The van der Waals surface area contributed by atoms with Crippen molar-refractivity contribution >= 4 is 23.1 Å². The van der Waals surface area contributed by atoms with Gasteiger partial charge in [-0.3, -0.25) is 4.79 Å². The van der Waals surface area contributed by atoms with Crippen LogP contribution >= 0.6 is 12.2 Å². The van der Waals surface area contributed by atoms with Crippen LogP contribution in [0.1, 0.15) is 0 Å². The maximum absolute atomic E-state index is 11.3. The summed E-state index contributed by atoms with van der Waals surface area (Å²) in [4.78, 5) is 11.8. The van der Waals surface area contributed by atoms with E-state index < -0.39 is 0 Å². The van der Waals surface area contributed by atoms with E-state index in [0.29, 0.717) is 11.5 Å². The monoisotopic (exact) mass is 188 g/mol. The number of rotatable bonds is 2. The number of carbonyl (C=O) groups excluding carboxylic acids is 1. The standard InChI is InChI=1S/C7H12N2O2S/c1-8-6(10)5-4(11-2)3-9-7(5)12/h4-5H,3H2,1-2H3,(H,8,10)(H,9,12). The quantitative estimate of drug-likeness (QED) is 0.562. The lowest BCUT2D eigenvalue weighted by Gasteiger charge is -2.14. The smallest absolute Gasteiger partial charge is 0.232 e. The fourth-order valence-electron chi connectivity index (χ4n) is 1.26. The average molecular weight is 188 g/mol. The first-order valence-electron chi connectivity index (χ1n) is 3.72. The summed E-state index contributed by atoms with van der Waals surface area (Å²) in [6.45, 7) is 0.618. The minimum absolute atomic E-state index is 0.0862. The van der Waals surface area contributed by atoms with Gasteiger partial charge in [0.25, 0.3) is 0 Å². The Hall–Kier alpha value is -0.680. The fraction of sp³-hybridized carbons (Fsp3) is 0.714. The molecule has 1 rings (SSSR count). The number of carbonyl (C=O) groups is 1. The van der Waals surface area contributed by atoms with Gasteiger partial charge in [0.2, 0.25) is 5.91 Å². The Labute approximate surface area is 76.7 Å². The summed E-state index contributed by atoms with van der Waals surface area (Å²) < 4.78 is 5.11. The average Bonchev–Trinajstić information content (AvgIpc) is 2.45. The fourth-order valence-corrected chi connectivity index (χ4v) is 1.60.